The van der Waals surface area contributed by atoms with Gasteiger partial charge in [0.25, 0.3) is 0 Å². The van der Waals surface area contributed by atoms with Crippen LogP contribution < -0.4 is 4.90 Å². The Kier molecular flexibility index (Phi) is 4.25. The highest BCUT2D eigenvalue weighted by Crippen LogP contribution is 2.41. The minimum Gasteiger partial charge on any atom is -0.480 e. The highest BCUT2D eigenvalue weighted by atomic mass is 19.2. The zero-order valence-electron chi connectivity index (χ0n) is 16.3. The van der Waals surface area contributed by atoms with Gasteiger partial charge in [0.15, 0.2) is 23.3 Å². The van der Waals surface area contributed by atoms with Crippen molar-refractivity contribution in [3.63, 3.8) is 0 Å². The molecule has 1 N–H and O–H groups in total. The van der Waals surface area contributed by atoms with Crippen molar-refractivity contribution in [2.75, 3.05) is 4.90 Å². The van der Waals surface area contributed by atoms with Gasteiger partial charge in [-0.1, -0.05) is 0 Å². The van der Waals surface area contributed by atoms with Crippen LogP contribution in [0.5, 0.6) is 0 Å². The third-order valence-electron chi connectivity index (χ3n) is 5.25. The first-order valence-corrected chi connectivity index (χ1v) is 9.34. The zero-order chi connectivity index (χ0) is 22.7. The fourth-order valence-corrected chi connectivity index (χ4v) is 3.91. The molecule has 0 fully saturated rings. The number of carbonyl (C=O) groups is 2. The molecule has 4 heterocycles. The molecule has 162 valence electrons. The minimum absolute atomic E-state index is 0.0716. The van der Waals surface area contributed by atoms with Crippen LogP contribution in [-0.2, 0) is 16.1 Å². The molecule has 0 bridgehead atoms. The number of fused-ring (bicyclic) bond motifs is 2. The van der Waals surface area contributed by atoms with E-state index in [4.69, 9.17) is 0 Å². The van der Waals surface area contributed by atoms with Crippen LogP contribution >= 0.6 is 0 Å². The lowest BCUT2D eigenvalue weighted by Crippen LogP contribution is -2.42. The molecule has 0 saturated carbocycles. The number of carboxylic acid groups (broad SMARTS) is 1. The van der Waals surface area contributed by atoms with Crippen LogP contribution in [0.15, 0.2) is 36.8 Å². The number of carbonyl (C=O) groups excluding carboxylic acids is 1. The summed E-state index contributed by atoms with van der Waals surface area (Å²) in [4.78, 5) is 33.2. The van der Waals surface area contributed by atoms with Crippen molar-refractivity contribution in [1.29, 1.82) is 0 Å². The second-order valence-corrected chi connectivity index (χ2v) is 7.19. The van der Waals surface area contributed by atoms with Gasteiger partial charge in [0, 0.05) is 30.3 Å². The van der Waals surface area contributed by atoms with Gasteiger partial charge in [0.1, 0.15) is 17.8 Å². The van der Waals surface area contributed by atoms with Gasteiger partial charge in [-0.05, 0) is 18.2 Å². The van der Waals surface area contributed by atoms with Gasteiger partial charge in [-0.2, -0.15) is 5.10 Å². The second kappa shape index (κ2) is 6.90. The molecular weight excluding hydrogens is 429 g/mol. The van der Waals surface area contributed by atoms with Crippen molar-refractivity contribution in [2.45, 2.75) is 19.5 Å². The summed E-state index contributed by atoms with van der Waals surface area (Å²) < 4.78 is 45.5. The number of benzene rings is 1. The zero-order valence-corrected chi connectivity index (χ0v) is 16.3. The van der Waals surface area contributed by atoms with E-state index in [-0.39, 0.29) is 23.9 Å². The van der Waals surface area contributed by atoms with E-state index in [0.29, 0.717) is 17.3 Å². The van der Waals surface area contributed by atoms with E-state index in [2.05, 4.69) is 15.1 Å². The van der Waals surface area contributed by atoms with Crippen LogP contribution in [0.4, 0.5) is 19.1 Å². The van der Waals surface area contributed by atoms with E-state index in [1.54, 1.807) is 12.1 Å². The summed E-state index contributed by atoms with van der Waals surface area (Å²) in [6, 6.07) is 3.18. The molecule has 1 unspecified atom stereocenters. The number of carboxylic acids is 1. The van der Waals surface area contributed by atoms with Gasteiger partial charge in [-0.25, -0.2) is 32.4 Å². The minimum atomic E-state index is -1.40. The molecule has 0 radical (unpaired) electrons. The van der Waals surface area contributed by atoms with E-state index >= 15 is 0 Å². The highest BCUT2D eigenvalue weighted by Gasteiger charge is 2.41. The Balaban J connectivity index is 1.82. The van der Waals surface area contributed by atoms with Crippen molar-refractivity contribution in [3.8, 4) is 22.5 Å². The van der Waals surface area contributed by atoms with Gasteiger partial charge < -0.3 is 9.67 Å². The molecule has 9 nitrogen and oxygen atoms in total. The van der Waals surface area contributed by atoms with Crippen LogP contribution in [0, 0.1) is 17.5 Å². The Hall–Kier alpha value is -4.22. The number of aliphatic carboxylic acids is 1. The lowest BCUT2D eigenvalue weighted by atomic mass is 10.0. The topological polar surface area (TPSA) is 106 Å². The normalized spacial score (nSPS) is 15.4. The lowest BCUT2D eigenvalue weighted by Gasteiger charge is -2.17. The fourth-order valence-electron chi connectivity index (χ4n) is 3.91. The molecule has 3 aromatic heterocycles. The highest BCUT2D eigenvalue weighted by molar-refractivity contribution is 5.99. The molecule has 5 rings (SSSR count). The SMILES string of the molecule is CC(=O)N1c2nc(-c3cc(F)cc(F)c3F)c(-c3ccc4ncnn4c3)n2CC1C(=O)O. The Morgan fingerprint density at radius 1 is 1.19 bits per heavy atom. The molecule has 12 heteroatoms. The first-order valence-electron chi connectivity index (χ1n) is 9.34. The number of hydrogen-bond donors (Lipinski definition) is 1. The molecule has 0 spiro atoms. The maximum atomic E-state index is 14.7. The molecule has 1 atom stereocenters. The van der Waals surface area contributed by atoms with E-state index in [1.165, 1.54) is 28.5 Å². The quantitative estimate of drug-likeness (QED) is 0.489. The van der Waals surface area contributed by atoms with Crippen molar-refractivity contribution in [2.24, 2.45) is 0 Å². The van der Waals surface area contributed by atoms with Gasteiger partial charge in [0.2, 0.25) is 11.9 Å². The predicted molar refractivity (Wildman–Crippen MR) is 104 cm³/mol. The first kappa shape index (κ1) is 19.7. The number of anilines is 1. The summed E-state index contributed by atoms with van der Waals surface area (Å²) in [5.74, 6) is -5.67. The molecular formula is C20H13F3N6O3. The van der Waals surface area contributed by atoms with Gasteiger partial charge in [-0.15, -0.1) is 0 Å². The number of halogens is 3. The Labute approximate surface area is 177 Å². The average Bonchev–Trinajstić information content (AvgIpc) is 3.42. The van der Waals surface area contributed by atoms with Gasteiger partial charge in [-0.3, -0.25) is 9.69 Å². The summed E-state index contributed by atoms with van der Waals surface area (Å²) in [5.41, 5.74) is 0.471. The smallest absolute Gasteiger partial charge is 0.328 e. The first-order chi connectivity index (χ1) is 15.3. The summed E-state index contributed by atoms with van der Waals surface area (Å²) in [6.07, 6.45) is 2.86. The number of imidazole rings is 1. The van der Waals surface area contributed by atoms with Crippen molar-refractivity contribution < 1.29 is 27.9 Å². The van der Waals surface area contributed by atoms with Crippen LogP contribution in [-0.4, -0.2) is 47.2 Å². The molecule has 0 aliphatic carbocycles. The number of aromatic nitrogens is 5. The van der Waals surface area contributed by atoms with Gasteiger partial charge in [0.05, 0.1) is 12.2 Å². The molecule has 4 aromatic rings. The summed E-state index contributed by atoms with van der Waals surface area (Å²) in [7, 11) is 0. The Morgan fingerprint density at radius 3 is 2.69 bits per heavy atom. The van der Waals surface area contributed by atoms with E-state index in [0.717, 1.165) is 11.0 Å². The Morgan fingerprint density at radius 2 is 1.97 bits per heavy atom. The average molecular weight is 442 g/mol. The fraction of sp³-hybridized carbons (Fsp3) is 0.150. The van der Waals surface area contributed by atoms with Crippen molar-refractivity contribution in [1.82, 2.24) is 24.1 Å². The van der Waals surface area contributed by atoms with Crippen molar-refractivity contribution in [3.05, 3.63) is 54.2 Å². The third-order valence-corrected chi connectivity index (χ3v) is 5.25. The summed E-state index contributed by atoms with van der Waals surface area (Å²) >= 11 is 0. The maximum Gasteiger partial charge on any atom is 0.328 e. The maximum absolute atomic E-state index is 14.7. The predicted octanol–water partition coefficient (Wildman–Crippen LogP) is 2.50. The molecule has 32 heavy (non-hydrogen) atoms. The molecule has 1 amide bonds. The molecule has 1 aliphatic rings. The van der Waals surface area contributed by atoms with Crippen LogP contribution in [0.2, 0.25) is 0 Å². The molecule has 1 aliphatic heterocycles. The third kappa shape index (κ3) is 2.83. The molecule has 0 saturated heterocycles. The van der Waals surface area contributed by atoms with Crippen LogP contribution in [0.25, 0.3) is 28.2 Å². The number of amides is 1. The number of rotatable bonds is 3. The standard InChI is InChI=1S/C20H13F3N6O3/c1-9(30)29-14(19(31)32)7-27-18(10-2-3-15-24-8-25-28(15)6-10)17(26-20(27)29)12-4-11(21)5-13(22)16(12)23/h2-6,8,14H,7H2,1H3,(H,31,32). The largest absolute Gasteiger partial charge is 0.480 e. The van der Waals surface area contributed by atoms with Crippen LogP contribution in [0.3, 0.4) is 0 Å². The van der Waals surface area contributed by atoms with Gasteiger partial charge >= 0.3 is 5.97 Å². The van der Waals surface area contributed by atoms with Crippen molar-refractivity contribution >= 4 is 23.5 Å². The summed E-state index contributed by atoms with van der Waals surface area (Å²) in [5, 5.41) is 13.6. The number of nitrogens with zero attached hydrogens (tertiary/aromatic N) is 6. The van der Waals surface area contributed by atoms with Crippen LogP contribution in [0.1, 0.15) is 6.92 Å². The summed E-state index contributed by atoms with van der Waals surface area (Å²) in [6.45, 7) is 0.977. The molecule has 1 aromatic carbocycles. The van der Waals surface area contributed by atoms with E-state index in [9.17, 15) is 27.9 Å². The van der Waals surface area contributed by atoms with E-state index in [1.807, 2.05) is 0 Å². The van der Waals surface area contributed by atoms with E-state index < -0.39 is 40.9 Å². The Bertz CT molecular complexity index is 1430. The monoisotopic (exact) mass is 442 g/mol. The number of pyridine rings is 1. The lowest BCUT2D eigenvalue weighted by molar-refractivity contribution is -0.139. The number of hydrogen-bond acceptors (Lipinski definition) is 5. The second-order valence-electron chi connectivity index (χ2n) is 7.19.